The van der Waals surface area contributed by atoms with Crippen LogP contribution in [0.3, 0.4) is 0 Å². The van der Waals surface area contributed by atoms with E-state index in [0.717, 1.165) is 4.90 Å². The molecule has 0 saturated carbocycles. The van der Waals surface area contributed by atoms with Crippen molar-refractivity contribution in [2.45, 2.75) is 24.7 Å². The summed E-state index contributed by atoms with van der Waals surface area (Å²) in [5, 5.41) is 2.95. The van der Waals surface area contributed by atoms with E-state index in [2.05, 4.69) is 17.4 Å². The standard InChI is InChI=1S/C22H24N2O4S/c1-15-2-5-18(6-3-15)29-13-21(25)24-10-8-16(9-11-24)22(26)23-17-4-7-19-20(12-17)28-14-27-19/h2-7,12,16H,8-11,13-14H2,1H3,(H,23,26). The maximum atomic E-state index is 12.6. The van der Waals surface area contributed by atoms with Crippen molar-refractivity contribution in [1.82, 2.24) is 4.90 Å². The molecule has 0 unspecified atom stereocenters. The molecular formula is C22H24N2O4S. The van der Waals surface area contributed by atoms with E-state index in [1.165, 1.54) is 5.56 Å². The average Bonchev–Trinajstić information content (AvgIpc) is 3.21. The number of benzene rings is 2. The molecule has 2 aliphatic heterocycles. The van der Waals surface area contributed by atoms with Gasteiger partial charge >= 0.3 is 0 Å². The van der Waals surface area contributed by atoms with Crippen LogP contribution in [0, 0.1) is 12.8 Å². The number of rotatable bonds is 5. The van der Waals surface area contributed by atoms with Gasteiger partial charge in [-0.25, -0.2) is 0 Å². The summed E-state index contributed by atoms with van der Waals surface area (Å²) < 4.78 is 10.6. The van der Waals surface area contributed by atoms with E-state index in [1.54, 1.807) is 23.9 Å². The second-order valence-corrected chi connectivity index (χ2v) is 8.36. The minimum atomic E-state index is -0.0887. The Morgan fingerprint density at radius 2 is 1.79 bits per heavy atom. The molecule has 4 rings (SSSR count). The zero-order valence-electron chi connectivity index (χ0n) is 16.3. The Balaban J connectivity index is 1.23. The highest BCUT2D eigenvalue weighted by atomic mass is 32.2. The van der Waals surface area contributed by atoms with Crippen molar-refractivity contribution in [3.05, 3.63) is 48.0 Å². The molecule has 1 saturated heterocycles. The molecule has 152 valence electrons. The number of hydrogen-bond acceptors (Lipinski definition) is 5. The molecule has 1 fully saturated rings. The Morgan fingerprint density at radius 3 is 2.55 bits per heavy atom. The van der Waals surface area contributed by atoms with Crippen LogP contribution in [-0.4, -0.2) is 42.3 Å². The van der Waals surface area contributed by atoms with Gasteiger partial charge < -0.3 is 19.7 Å². The Kier molecular flexibility index (Phi) is 5.94. The summed E-state index contributed by atoms with van der Waals surface area (Å²) >= 11 is 1.56. The lowest BCUT2D eigenvalue weighted by molar-refractivity contribution is -0.132. The van der Waals surface area contributed by atoms with Crippen LogP contribution in [0.2, 0.25) is 0 Å². The van der Waals surface area contributed by atoms with Gasteiger partial charge in [-0.3, -0.25) is 9.59 Å². The van der Waals surface area contributed by atoms with Crippen molar-refractivity contribution < 1.29 is 19.1 Å². The molecule has 0 radical (unpaired) electrons. The molecule has 2 aliphatic rings. The van der Waals surface area contributed by atoms with E-state index in [9.17, 15) is 9.59 Å². The topological polar surface area (TPSA) is 67.9 Å². The van der Waals surface area contributed by atoms with Crippen molar-refractivity contribution in [2.75, 3.05) is 31.0 Å². The fourth-order valence-corrected chi connectivity index (χ4v) is 4.28. The van der Waals surface area contributed by atoms with Gasteiger partial charge in [-0.05, 0) is 44.0 Å². The van der Waals surface area contributed by atoms with E-state index < -0.39 is 0 Å². The minimum absolute atomic E-state index is 0.00926. The predicted octanol–water partition coefficient (Wildman–Crippen LogP) is 3.69. The molecule has 0 aliphatic carbocycles. The lowest BCUT2D eigenvalue weighted by atomic mass is 9.96. The minimum Gasteiger partial charge on any atom is -0.454 e. The van der Waals surface area contributed by atoms with Crippen molar-refractivity contribution in [3.8, 4) is 11.5 Å². The summed E-state index contributed by atoms with van der Waals surface area (Å²) in [4.78, 5) is 28.1. The molecule has 2 aromatic carbocycles. The number of carbonyl (C=O) groups is 2. The van der Waals surface area contributed by atoms with Gasteiger partial charge in [0.15, 0.2) is 11.5 Å². The highest BCUT2D eigenvalue weighted by Gasteiger charge is 2.27. The van der Waals surface area contributed by atoms with E-state index >= 15 is 0 Å². The van der Waals surface area contributed by atoms with Gasteiger partial charge in [0.2, 0.25) is 18.6 Å². The zero-order chi connectivity index (χ0) is 20.2. The molecule has 2 aromatic rings. The average molecular weight is 413 g/mol. The van der Waals surface area contributed by atoms with Gasteiger partial charge in [-0.15, -0.1) is 11.8 Å². The zero-order valence-corrected chi connectivity index (χ0v) is 17.2. The normalized spacial score (nSPS) is 16.0. The largest absolute Gasteiger partial charge is 0.454 e. The van der Waals surface area contributed by atoms with Crippen LogP contribution < -0.4 is 14.8 Å². The lowest BCUT2D eigenvalue weighted by Gasteiger charge is -2.31. The molecule has 2 heterocycles. The quantitative estimate of drug-likeness (QED) is 0.759. The number of piperidine rings is 1. The SMILES string of the molecule is Cc1ccc(SCC(=O)N2CCC(C(=O)Nc3ccc4c(c3)OCO4)CC2)cc1. The number of anilines is 1. The van der Waals surface area contributed by atoms with E-state index in [1.807, 2.05) is 30.0 Å². The number of aryl methyl sites for hydroxylation is 1. The molecule has 6 nitrogen and oxygen atoms in total. The number of nitrogens with zero attached hydrogens (tertiary/aromatic N) is 1. The molecular weight excluding hydrogens is 388 g/mol. The number of hydrogen-bond donors (Lipinski definition) is 1. The smallest absolute Gasteiger partial charge is 0.232 e. The van der Waals surface area contributed by atoms with Crippen LogP contribution in [0.4, 0.5) is 5.69 Å². The van der Waals surface area contributed by atoms with E-state index in [4.69, 9.17) is 9.47 Å². The number of fused-ring (bicyclic) bond motifs is 1. The molecule has 0 aromatic heterocycles. The van der Waals surface area contributed by atoms with Gasteiger partial charge in [0, 0.05) is 35.7 Å². The van der Waals surface area contributed by atoms with Gasteiger partial charge in [-0.1, -0.05) is 17.7 Å². The highest BCUT2D eigenvalue weighted by Crippen LogP contribution is 2.34. The first kappa shape index (κ1) is 19.6. The van der Waals surface area contributed by atoms with Gasteiger partial charge in [0.25, 0.3) is 0 Å². The summed E-state index contributed by atoms with van der Waals surface area (Å²) in [6.07, 6.45) is 1.36. The van der Waals surface area contributed by atoms with Crippen molar-refractivity contribution in [3.63, 3.8) is 0 Å². The first-order valence-electron chi connectivity index (χ1n) is 9.76. The molecule has 0 atom stereocenters. The van der Waals surface area contributed by atoms with E-state index in [-0.39, 0.29) is 24.5 Å². The second-order valence-electron chi connectivity index (χ2n) is 7.31. The fraction of sp³-hybridized carbons (Fsp3) is 0.364. The first-order valence-corrected chi connectivity index (χ1v) is 10.7. The summed E-state index contributed by atoms with van der Waals surface area (Å²) in [6, 6.07) is 13.6. The van der Waals surface area contributed by atoms with Crippen molar-refractivity contribution in [2.24, 2.45) is 5.92 Å². The number of nitrogens with one attached hydrogen (secondary N) is 1. The van der Waals surface area contributed by atoms with Crippen LogP contribution >= 0.6 is 11.8 Å². The predicted molar refractivity (Wildman–Crippen MR) is 112 cm³/mol. The Hall–Kier alpha value is -2.67. The summed E-state index contributed by atoms with van der Waals surface area (Å²) in [5.41, 5.74) is 1.91. The van der Waals surface area contributed by atoms with Crippen LogP contribution in [-0.2, 0) is 9.59 Å². The number of likely N-dealkylation sites (tertiary alicyclic amines) is 1. The van der Waals surface area contributed by atoms with Crippen LogP contribution in [0.25, 0.3) is 0 Å². The first-order chi connectivity index (χ1) is 14.1. The molecule has 7 heteroatoms. The van der Waals surface area contributed by atoms with E-state index in [0.29, 0.717) is 48.9 Å². The third-order valence-corrected chi connectivity index (χ3v) is 6.24. The lowest BCUT2D eigenvalue weighted by Crippen LogP contribution is -2.42. The Morgan fingerprint density at radius 1 is 1.07 bits per heavy atom. The Bertz CT molecular complexity index is 892. The van der Waals surface area contributed by atoms with Crippen LogP contribution in [0.15, 0.2) is 47.4 Å². The molecule has 1 N–H and O–H groups in total. The van der Waals surface area contributed by atoms with Crippen LogP contribution in [0.1, 0.15) is 18.4 Å². The third-order valence-electron chi connectivity index (χ3n) is 5.24. The fourth-order valence-electron chi connectivity index (χ4n) is 3.48. The Labute approximate surface area is 174 Å². The molecule has 29 heavy (non-hydrogen) atoms. The number of ether oxygens (including phenoxy) is 2. The summed E-state index contributed by atoms with van der Waals surface area (Å²) in [6.45, 7) is 3.49. The number of thioether (sulfide) groups is 1. The summed E-state index contributed by atoms with van der Waals surface area (Å²) in [5.74, 6) is 1.80. The monoisotopic (exact) mass is 412 g/mol. The van der Waals surface area contributed by atoms with Crippen molar-refractivity contribution >= 4 is 29.3 Å². The van der Waals surface area contributed by atoms with Crippen LogP contribution in [0.5, 0.6) is 11.5 Å². The van der Waals surface area contributed by atoms with Gasteiger partial charge in [0.1, 0.15) is 0 Å². The van der Waals surface area contributed by atoms with Gasteiger partial charge in [-0.2, -0.15) is 0 Å². The molecule has 0 spiro atoms. The second kappa shape index (κ2) is 8.78. The van der Waals surface area contributed by atoms with Gasteiger partial charge in [0.05, 0.1) is 5.75 Å². The number of carbonyl (C=O) groups excluding carboxylic acids is 2. The van der Waals surface area contributed by atoms with Crippen molar-refractivity contribution in [1.29, 1.82) is 0 Å². The number of amides is 2. The molecule has 0 bridgehead atoms. The molecule has 2 amide bonds. The summed E-state index contributed by atoms with van der Waals surface area (Å²) in [7, 11) is 0. The maximum Gasteiger partial charge on any atom is 0.232 e. The highest BCUT2D eigenvalue weighted by molar-refractivity contribution is 8.00. The maximum absolute atomic E-state index is 12.6. The third kappa shape index (κ3) is 4.85.